The van der Waals surface area contributed by atoms with Crippen molar-refractivity contribution < 1.29 is 18.0 Å². The lowest BCUT2D eigenvalue weighted by Gasteiger charge is -2.34. The number of rotatable bonds is 7. The maximum Gasteiger partial charge on any atom is 0.416 e. The number of piperazine rings is 1. The molecular formula is C27H29F3N10O. The Bertz CT molecular complexity index is 1550. The fraction of sp³-hybridized carbons (Fsp3) is 0.296. The summed E-state index contributed by atoms with van der Waals surface area (Å²) < 4.78 is 42.8. The lowest BCUT2D eigenvalue weighted by atomic mass is 10.1. The first-order chi connectivity index (χ1) is 19.6. The minimum atomic E-state index is -4.59. The summed E-state index contributed by atoms with van der Waals surface area (Å²) in [7, 11) is 3.70. The smallest absolute Gasteiger partial charge is 0.373 e. The predicted octanol–water partition coefficient (Wildman–Crippen LogP) is 4.17. The standard InChI is InChI=1S/C27H29F3N10O/c1-17-4-5-20(13-22(17)37-26-34-16-35-40(26)24-14-23(31-2)32-15-33-24)36-25(41)18-10-19(27(28,29)30)12-21(11-18)39-8-6-38(3)7-9-39/h4-5,10-16H,6-9H2,1-3H3,(H,36,41)(H,31,32,33)(H,34,35,37). The van der Waals surface area contributed by atoms with E-state index >= 15 is 0 Å². The number of carbonyl (C=O) groups is 1. The van der Waals surface area contributed by atoms with Gasteiger partial charge in [-0.05, 0) is 49.9 Å². The van der Waals surface area contributed by atoms with Gasteiger partial charge in [-0.25, -0.2) is 9.97 Å². The second kappa shape index (κ2) is 11.4. The van der Waals surface area contributed by atoms with Gasteiger partial charge in [-0.15, -0.1) is 0 Å². The van der Waals surface area contributed by atoms with Crippen LogP contribution in [0.5, 0.6) is 0 Å². The Kier molecular flexibility index (Phi) is 7.75. The third kappa shape index (κ3) is 6.38. The van der Waals surface area contributed by atoms with Gasteiger partial charge in [0, 0.05) is 61.9 Å². The van der Waals surface area contributed by atoms with Gasteiger partial charge in [0.25, 0.3) is 5.91 Å². The van der Waals surface area contributed by atoms with Crippen molar-refractivity contribution in [2.75, 3.05) is 61.1 Å². The van der Waals surface area contributed by atoms with Crippen molar-refractivity contribution in [1.82, 2.24) is 29.6 Å². The summed E-state index contributed by atoms with van der Waals surface area (Å²) in [4.78, 5) is 29.8. The van der Waals surface area contributed by atoms with E-state index in [9.17, 15) is 18.0 Å². The number of benzene rings is 2. The van der Waals surface area contributed by atoms with Gasteiger partial charge in [0.1, 0.15) is 18.5 Å². The molecule has 1 amide bonds. The van der Waals surface area contributed by atoms with E-state index in [1.807, 2.05) is 18.9 Å². The Morgan fingerprint density at radius 3 is 2.46 bits per heavy atom. The van der Waals surface area contributed by atoms with Crippen LogP contribution in [0.1, 0.15) is 21.5 Å². The number of anilines is 5. The first-order valence-corrected chi connectivity index (χ1v) is 12.9. The zero-order valence-electron chi connectivity index (χ0n) is 22.7. The summed E-state index contributed by atoms with van der Waals surface area (Å²) in [6.07, 6.45) is -1.82. The van der Waals surface area contributed by atoms with Crippen LogP contribution >= 0.6 is 0 Å². The van der Waals surface area contributed by atoms with Crippen LogP contribution in [-0.4, -0.2) is 75.8 Å². The minimum Gasteiger partial charge on any atom is -0.373 e. The Labute approximate surface area is 234 Å². The zero-order valence-corrected chi connectivity index (χ0v) is 22.7. The Balaban J connectivity index is 1.39. The van der Waals surface area contributed by atoms with Gasteiger partial charge in [-0.1, -0.05) is 6.07 Å². The average Bonchev–Trinajstić information content (AvgIpc) is 3.42. The SMILES string of the molecule is CNc1cc(-n2ncnc2Nc2cc(NC(=O)c3cc(N4CCN(C)CC4)cc(C(F)(F)F)c3)ccc2C)ncn1. The topological polar surface area (TPSA) is 116 Å². The number of aryl methyl sites for hydroxylation is 1. The molecule has 0 unspecified atom stereocenters. The number of halogens is 3. The number of aromatic nitrogens is 5. The van der Waals surface area contributed by atoms with Gasteiger partial charge < -0.3 is 25.8 Å². The van der Waals surface area contributed by atoms with Crippen LogP contribution in [0.25, 0.3) is 5.82 Å². The number of amides is 1. The van der Waals surface area contributed by atoms with E-state index in [1.54, 1.807) is 31.3 Å². The van der Waals surface area contributed by atoms with Crippen LogP contribution in [0.15, 0.2) is 55.1 Å². The van der Waals surface area contributed by atoms with Crippen molar-refractivity contribution in [3.63, 3.8) is 0 Å². The monoisotopic (exact) mass is 566 g/mol. The molecule has 1 aliphatic heterocycles. The first-order valence-electron chi connectivity index (χ1n) is 12.9. The van der Waals surface area contributed by atoms with E-state index in [0.717, 1.165) is 30.8 Å². The van der Waals surface area contributed by atoms with Crippen LogP contribution in [0.4, 0.5) is 42.0 Å². The molecular weight excluding hydrogens is 537 g/mol. The molecule has 1 saturated heterocycles. The molecule has 0 spiro atoms. The van der Waals surface area contributed by atoms with E-state index in [-0.39, 0.29) is 5.56 Å². The highest BCUT2D eigenvalue weighted by Gasteiger charge is 2.32. The zero-order chi connectivity index (χ0) is 29.1. The first kappa shape index (κ1) is 27.8. The number of alkyl halides is 3. The molecule has 0 radical (unpaired) electrons. The van der Waals surface area contributed by atoms with Crippen LogP contribution in [-0.2, 0) is 6.18 Å². The third-order valence-electron chi connectivity index (χ3n) is 6.79. The lowest BCUT2D eigenvalue weighted by Crippen LogP contribution is -2.44. The lowest BCUT2D eigenvalue weighted by molar-refractivity contribution is -0.137. The molecule has 0 atom stereocenters. The average molecular weight is 567 g/mol. The third-order valence-corrected chi connectivity index (χ3v) is 6.79. The Morgan fingerprint density at radius 2 is 1.73 bits per heavy atom. The minimum absolute atomic E-state index is 0.0762. The maximum absolute atomic E-state index is 13.8. The fourth-order valence-electron chi connectivity index (χ4n) is 4.41. The molecule has 0 bridgehead atoms. The molecule has 41 heavy (non-hydrogen) atoms. The summed E-state index contributed by atoms with van der Waals surface area (Å²) in [5, 5.41) is 13.1. The molecule has 3 heterocycles. The van der Waals surface area contributed by atoms with Crippen molar-refractivity contribution in [3.8, 4) is 5.82 Å². The second-order valence-electron chi connectivity index (χ2n) is 9.67. The van der Waals surface area contributed by atoms with Gasteiger partial charge >= 0.3 is 6.18 Å². The molecule has 3 N–H and O–H groups in total. The molecule has 1 fully saturated rings. The number of likely N-dealkylation sites (N-methyl/N-ethyl adjacent to an activating group) is 1. The molecule has 4 aromatic rings. The number of hydrogen-bond donors (Lipinski definition) is 3. The van der Waals surface area contributed by atoms with Crippen molar-refractivity contribution in [1.29, 1.82) is 0 Å². The molecule has 1 aliphatic rings. The van der Waals surface area contributed by atoms with Crippen LogP contribution in [0.3, 0.4) is 0 Å². The predicted molar refractivity (Wildman–Crippen MR) is 150 cm³/mol. The Morgan fingerprint density at radius 1 is 0.951 bits per heavy atom. The highest BCUT2D eigenvalue weighted by molar-refractivity contribution is 6.05. The highest BCUT2D eigenvalue weighted by Crippen LogP contribution is 2.34. The molecule has 0 saturated carbocycles. The molecule has 5 rings (SSSR count). The summed E-state index contributed by atoms with van der Waals surface area (Å²) in [5.74, 6) is 0.798. The summed E-state index contributed by atoms with van der Waals surface area (Å²) in [5.41, 5.74) is 1.28. The molecule has 214 valence electrons. The van der Waals surface area contributed by atoms with Crippen LogP contribution in [0.2, 0.25) is 0 Å². The van der Waals surface area contributed by atoms with Gasteiger partial charge in [0.2, 0.25) is 5.95 Å². The van der Waals surface area contributed by atoms with Crippen molar-refractivity contribution in [2.24, 2.45) is 0 Å². The molecule has 14 heteroatoms. The van der Waals surface area contributed by atoms with Crippen molar-refractivity contribution in [3.05, 3.63) is 71.8 Å². The summed E-state index contributed by atoms with van der Waals surface area (Å²) >= 11 is 0. The maximum atomic E-state index is 13.8. The van der Waals surface area contributed by atoms with Gasteiger partial charge in [0.05, 0.1) is 5.56 Å². The quantitative estimate of drug-likeness (QED) is 0.303. The molecule has 2 aromatic carbocycles. The van der Waals surface area contributed by atoms with Crippen molar-refractivity contribution in [2.45, 2.75) is 13.1 Å². The fourth-order valence-corrected chi connectivity index (χ4v) is 4.41. The van der Waals surface area contributed by atoms with Crippen molar-refractivity contribution >= 4 is 34.7 Å². The van der Waals surface area contributed by atoms with Gasteiger partial charge in [-0.2, -0.15) is 27.9 Å². The molecule has 0 aliphatic carbocycles. The van der Waals surface area contributed by atoms with Crippen LogP contribution in [0, 0.1) is 6.92 Å². The largest absolute Gasteiger partial charge is 0.416 e. The van der Waals surface area contributed by atoms with Gasteiger partial charge in [0.15, 0.2) is 5.82 Å². The Hall–Kier alpha value is -4.72. The van der Waals surface area contributed by atoms with E-state index in [1.165, 1.54) is 23.4 Å². The highest BCUT2D eigenvalue weighted by atomic mass is 19.4. The summed E-state index contributed by atoms with van der Waals surface area (Å²) in [6.45, 7) is 4.45. The molecule has 11 nitrogen and oxygen atoms in total. The molecule has 2 aromatic heterocycles. The van der Waals surface area contributed by atoms with Crippen LogP contribution < -0.4 is 20.9 Å². The second-order valence-corrected chi connectivity index (χ2v) is 9.67. The van der Waals surface area contributed by atoms with E-state index in [4.69, 9.17) is 0 Å². The van der Waals surface area contributed by atoms with E-state index in [2.05, 4.69) is 40.9 Å². The number of nitrogens with zero attached hydrogens (tertiary/aromatic N) is 7. The number of carbonyl (C=O) groups excluding carboxylic acids is 1. The van der Waals surface area contributed by atoms with E-state index < -0.39 is 17.6 Å². The number of nitrogens with one attached hydrogen (secondary N) is 3. The number of hydrogen-bond acceptors (Lipinski definition) is 9. The van der Waals surface area contributed by atoms with E-state index in [0.29, 0.717) is 47.7 Å². The van der Waals surface area contributed by atoms with Gasteiger partial charge in [-0.3, -0.25) is 4.79 Å². The summed E-state index contributed by atoms with van der Waals surface area (Å²) in [6, 6.07) is 10.3. The normalized spacial score (nSPS) is 14.1.